The van der Waals surface area contributed by atoms with Crippen LogP contribution in [0.3, 0.4) is 0 Å². The standard InChI is InChI=1S/C21H19N3/c1-24(2)16-9-7-8-15(14-16)22-21-17-10-3-5-12-19(17)23-20-13-6-4-11-18(20)21/h3-14H,1-2H3,(H,22,23). The van der Waals surface area contributed by atoms with Crippen LogP contribution in [0, 0.1) is 0 Å². The molecule has 0 aliphatic rings. The minimum absolute atomic E-state index is 1.00. The quantitative estimate of drug-likeness (QED) is 0.527. The summed E-state index contributed by atoms with van der Waals surface area (Å²) in [6, 6.07) is 25.0. The molecule has 1 aromatic heterocycles. The lowest BCUT2D eigenvalue weighted by Crippen LogP contribution is -2.08. The molecule has 0 spiro atoms. The SMILES string of the molecule is CN(C)c1cccc(Nc2c3ccccc3nc3ccccc23)c1. The number of para-hydroxylation sites is 2. The molecule has 0 fully saturated rings. The Bertz CT molecular complexity index is 968. The highest BCUT2D eigenvalue weighted by Crippen LogP contribution is 2.33. The highest BCUT2D eigenvalue weighted by Gasteiger charge is 2.09. The van der Waals surface area contributed by atoms with Gasteiger partial charge in [-0.25, -0.2) is 4.98 Å². The number of hydrogen-bond donors (Lipinski definition) is 1. The van der Waals surface area contributed by atoms with Crippen LogP contribution in [0.4, 0.5) is 17.1 Å². The lowest BCUT2D eigenvalue weighted by Gasteiger charge is -2.16. The fraction of sp³-hybridized carbons (Fsp3) is 0.0952. The van der Waals surface area contributed by atoms with Crippen LogP contribution in [-0.2, 0) is 0 Å². The Morgan fingerprint density at radius 3 is 2.00 bits per heavy atom. The molecule has 0 atom stereocenters. The molecule has 1 heterocycles. The summed E-state index contributed by atoms with van der Waals surface area (Å²) in [6.07, 6.45) is 0. The molecule has 0 aliphatic heterocycles. The van der Waals surface area contributed by atoms with E-state index >= 15 is 0 Å². The third-order valence-electron chi connectivity index (χ3n) is 4.22. The fourth-order valence-electron chi connectivity index (χ4n) is 2.98. The minimum atomic E-state index is 1.00. The Kier molecular flexibility index (Phi) is 3.54. The number of hydrogen-bond acceptors (Lipinski definition) is 3. The molecule has 1 N–H and O–H groups in total. The first kappa shape index (κ1) is 14.5. The maximum atomic E-state index is 4.78. The molecule has 118 valence electrons. The highest BCUT2D eigenvalue weighted by molar-refractivity contribution is 6.08. The largest absolute Gasteiger partial charge is 0.378 e. The topological polar surface area (TPSA) is 28.2 Å². The summed E-state index contributed by atoms with van der Waals surface area (Å²) in [5.74, 6) is 0. The average molecular weight is 313 g/mol. The van der Waals surface area contributed by atoms with Gasteiger partial charge in [0.15, 0.2) is 0 Å². The Morgan fingerprint density at radius 1 is 0.750 bits per heavy atom. The number of fused-ring (bicyclic) bond motifs is 2. The van der Waals surface area contributed by atoms with Gasteiger partial charge in [0, 0.05) is 36.2 Å². The summed E-state index contributed by atoms with van der Waals surface area (Å²) in [5.41, 5.74) is 5.35. The van der Waals surface area contributed by atoms with E-state index in [1.54, 1.807) is 0 Å². The van der Waals surface area contributed by atoms with E-state index in [1.807, 2.05) is 12.1 Å². The molecule has 4 rings (SSSR count). The van der Waals surface area contributed by atoms with Crippen molar-refractivity contribution in [1.82, 2.24) is 4.98 Å². The van der Waals surface area contributed by atoms with Crippen molar-refractivity contribution in [2.45, 2.75) is 0 Å². The smallest absolute Gasteiger partial charge is 0.0730 e. The molecule has 3 nitrogen and oxygen atoms in total. The third-order valence-corrected chi connectivity index (χ3v) is 4.22. The van der Waals surface area contributed by atoms with Gasteiger partial charge in [-0.15, -0.1) is 0 Å². The first-order chi connectivity index (χ1) is 11.7. The highest BCUT2D eigenvalue weighted by atomic mass is 15.1. The van der Waals surface area contributed by atoms with Crippen LogP contribution in [0.1, 0.15) is 0 Å². The third kappa shape index (κ3) is 2.54. The van der Waals surface area contributed by atoms with Crippen molar-refractivity contribution < 1.29 is 0 Å². The van der Waals surface area contributed by atoms with Crippen LogP contribution < -0.4 is 10.2 Å². The van der Waals surface area contributed by atoms with E-state index in [2.05, 4.69) is 85.0 Å². The number of pyridine rings is 1. The van der Waals surface area contributed by atoms with Crippen molar-refractivity contribution in [1.29, 1.82) is 0 Å². The first-order valence-corrected chi connectivity index (χ1v) is 8.04. The van der Waals surface area contributed by atoms with Gasteiger partial charge in [0.1, 0.15) is 0 Å². The first-order valence-electron chi connectivity index (χ1n) is 8.04. The molecule has 0 saturated heterocycles. The van der Waals surface area contributed by atoms with Gasteiger partial charge < -0.3 is 10.2 Å². The predicted octanol–water partition coefficient (Wildman–Crippen LogP) is 5.20. The summed E-state index contributed by atoms with van der Waals surface area (Å²) in [6.45, 7) is 0. The van der Waals surface area contributed by atoms with Crippen LogP contribution in [0.2, 0.25) is 0 Å². The Labute approximate surface area is 141 Å². The van der Waals surface area contributed by atoms with E-state index in [9.17, 15) is 0 Å². The second kappa shape index (κ2) is 5.85. The minimum Gasteiger partial charge on any atom is -0.378 e. The zero-order valence-electron chi connectivity index (χ0n) is 13.8. The van der Waals surface area contributed by atoms with Crippen molar-refractivity contribution in [3.63, 3.8) is 0 Å². The lowest BCUT2D eigenvalue weighted by atomic mass is 10.1. The molecule has 24 heavy (non-hydrogen) atoms. The van der Waals surface area contributed by atoms with E-state index in [-0.39, 0.29) is 0 Å². The van der Waals surface area contributed by atoms with E-state index in [0.29, 0.717) is 0 Å². The summed E-state index contributed by atoms with van der Waals surface area (Å²) in [7, 11) is 4.10. The van der Waals surface area contributed by atoms with Gasteiger partial charge in [-0.3, -0.25) is 0 Å². The Hall–Kier alpha value is -3.07. The Balaban J connectivity index is 1.92. The fourth-order valence-corrected chi connectivity index (χ4v) is 2.98. The van der Waals surface area contributed by atoms with E-state index in [4.69, 9.17) is 4.98 Å². The van der Waals surface area contributed by atoms with Gasteiger partial charge in [-0.05, 0) is 30.3 Å². The predicted molar refractivity (Wildman–Crippen MR) is 103 cm³/mol. The van der Waals surface area contributed by atoms with Crippen LogP contribution >= 0.6 is 0 Å². The van der Waals surface area contributed by atoms with E-state index in [1.165, 1.54) is 5.69 Å². The van der Waals surface area contributed by atoms with Crippen molar-refractivity contribution in [3.8, 4) is 0 Å². The van der Waals surface area contributed by atoms with Gasteiger partial charge in [0.25, 0.3) is 0 Å². The lowest BCUT2D eigenvalue weighted by molar-refractivity contribution is 1.13. The molecule has 0 saturated carbocycles. The van der Waals surface area contributed by atoms with Crippen molar-refractivity contribution >= 4 is 38.9 Å². The van der Waals surface area contributed by atoms with Gasteiger partial charge in [-0.1, -0.05) is 42.5 Å². The maximum Gasteiger partial charge on any atom is 0.0730 e. The van der Waals surface area contributed by atoms with Gasteiger partial charge in [-0.2, -0.15) is 0 Å². The van der Waals surface area contributed by atoms with Crippen LogP contribution in [0.5, 0.6) is 0 Å². The summed E-state index contributed by atoms with van der Waals surface area (Å²) in [4.78, 5) is 6.88. The molecule has 0 unspecified atom stereocenters. The second-order valence-corrected chi connectivity index (χ2v) is 6.09. The van der Waals surface area contributed by atoms with E-state index < -0.39 is 0 Å². The van der Waals surface area contributed by atoms with Crippen LogP contribution in [0.25, 0.3) is 21.8 Å². The molecular weight excluding hydrogens is 294 g/mol. The maximum absolute atomic E-state index is 4.78. The number of rotatable bonds is 3. The number of nitrogens with one attached hydrogen (secondary N) is 1. The summed E-state index contributed by atoms with van der Waals surface area (Å²) in [5, 5.41) is 5.88. The molecule has 3 aromatic carbocycles. The normalized spacial score (nSPS) is 10.9. The van der Waals surface area contributed by atoms with Crippen molar-refractivity contribution in [2.75, 3.05) is 24.3 Å². The molecule has 0 aliphatic carbocycles. The molecule has 0 radical (unpaired) electrons. The van der Waals surface area contributed by atoms with Gasteiger partial charge in [0.05, 0.1) is 16.7 Å². The molecule has 0 amide bonds. The molecule has 3 heteroatoms. The molecule has 4 aromatic rings. The number of nitrogens with zero attached hydrogens (tertiary/aromatic N) is 2. The number of anilines is 3. The van der Waals surface area contributed by atoms with Crippen LogP contribution in [0.15, 0.2) is 72.8 Å². The average Bonchev–Trinajstić information content (AvgIpc) is 2.62. The van der Waals surface area contributed by atoms with Gasteiger partial charge >= 0.3 is 0 Å². The van der Waals surface area contributed by atoms with Crippen LogP contribution in [-0.4, -0.2) is 19.1 Å². The summed E-state index contributed by atoms with van der Waals surface area (Å²) < 4.78 is 0. The second-order valence-electron chi connectivity index (χ2n) is 6.09. The number of benzene rings is 3. The zero-order chi connectivity index (χ0) is 16.5. The number of aromatic nitrogens is 1. The Morgan fingerprint density at radius 2 is 1.38 bits per heavy atom. The van der Waals surface area contributed by atoms with Gasteiger partial charge in [0.2, 0.25) is 0 Å². The molecule has 0 bridgehead atoms. The van der Waals surface area contributed by atoms with Crippen molar-refractivity contribution in [2.24, 2.45) is 0 Å². The monoisotopic (exact) mass is 313 g/mol. The van der Waals surface area contributed by atoms with E-state index in [0.717, 1.165) is 33.2 Å². The van der Waals surface area contributed by atoms with Crippen molar-refractivity contribution in [3.05, 3.63) is 72.8 Å². The zero-order valence-corrected chi connectivity index (χ0v) is 13.8. The summed E-state index contributed by atoms with van der Waals surface area (Å²) >= 11 is 0. The molecular formula is C21H19N3.